The van der Waals surface area contributed by atoms with Crippen LogP contribution in [0, 0.1) is 17.3 Å². The molecule has 1 aromatic rings. The summed E-state index contributed by atoms with van der Waals surface area (Å²) in [7, 11) is 1.65. The van der Waals surface area contributed by atoms with Crippen molar-refractivity contribution in [1.29, 1.82) is 0 Å². The predicted molar refractivity (Wildman–Crippen MR) is 82.1 cm³/mol. The normalized spacial score (nSPS) is 27.0. The molecule has 2 aliphatic carbocycles. The molecule has 0 unspecified atom stereocenters. The number of rotatable bonds is 6. The van der Waals surface area contributed by atoms with Gasteiger partial charge in [0, 0.05) is 25.1 Å². The Morgan fingerprint density at radius 1 is 1.50 bits per heavy atom. The van der Waals surface area contributed by atoms with Crippen molar-refractivity contribution in [3.63, 3.8) is 0 Å². The zero-order valence-corrected chi connectivity index (χ0v) is 13.7. The van der Waals surface area contributed by atoms with Crippen LogP contribution in [0.25, 0.3) is 0 Å². The third-order valence-corrected chi connectivity index (χ3v) is 5.61. The molecule has 0 aromatic carbocycles. The molecule has 0 aliphatic heterocycles. The molecule has 2 fully saturated rings. The molecule has 122 valence electrons. The van der Waals surface area contributed by atoms with Crippen LogP contribution in [0.1, 0.15) is 51.0 Å². The van der Waals surface area contributed by atoms with Crippen molar-refractivity contribution in [2.45, 2.75) is 58.6 Å². The van der Waals surface area contributed by atoms with Crippen LogP contribution in [0.5, 0.6) is 0 Å². The average molecular weight is 306 g/mol. The molecule has 1 heterocycles. The molecule has 0 bridgehead atoms. The fourth-order valence-electron chi connectivity index (χ4n) is 3.48. The van der Waals surface area contributed by atoms with E-state index in [1.165, 1.54) is 6.42 Å². The van der Waals surface area contributed by atoms with Crippen molar-refractivity contribution >= 4 is 5.91 Å². The van der Waals surface area contributed by atoms with E-state index in [4.69, 9.17) is 9.26 Å². The van der Waals surface area contributed by atoms with Crippen LogP contribution in [0.4, 0.5) is 0 Å². The Labute approximate surface area is 131 Å². The first-order chi connectivity index (χ1) is 10.5. The lowest BCUT2D eigenvalue weighted by Crippen LogP contribution is -2.59. The Bertz CT molecular complexity index is 534. The molecule has 2 aliphatic rings. The van der Waals surface area contributed by atoms with Gasteiger partial charge in [0.15, 0.2) is 5.76 Å². The highest BCUT2D eigenvalue weighted by atomic mass is 16.5. The van der Waals surface area contributed by atoms with Gasteiger partial charge in [0.05, 0.1) is 5.69 Å². The van der Waals surface area contributed by atoms with Gasteiger partial charge in [0.2, 0.25) is 5.91 Å². The van der Waals surface area contributed by atoms with Crippen molar-refractivity contribution in [3.05, 3.63) is 17.5 Å². The number of aromatic nitrogens is 1. The summed E-state index contributed by atoms with van der Waals surface area (Å²) in [5, 5.41) is 7.36. The molecule has 22 heavy (non-hydrogen) atoms. The van der Waals surface area contributed by atoms with E-state index in [1.807, 2.05) is 6.07 Å². The second-order valence-corrected chi connectivity index (χ2v) is 7.36. The van der Waals surface area contributed by atoms with Crippen LogP contribution in [0.3, 0.4) is 0 Å². The molecule has 0 spiro atoms. The fraction of sp³-hybridized carbons (Fsp3) is 0.765. The molecule has 0 saturated heterocycles. The van der Waals surface area contributed by atoms with Crippen LogP contribution >= 0.6 is 0 Å². The van der Waals surface area contributed by atoms with E-state index in [9.17, 15) is 4.79 Å². The number of nitrogens with one attached hydrogen (secondary N) is 1. The Morgan fingerprint density at radius 2 is 2.27 bits per heavy atom. The predicted octanol–water partition coefficient (Wildman–Crippen LogP) is 2.69. The smallest absolute Gasteiger partial charge is 0.223 e. The van der Waals surface area contributed by atoms with E-state index in [0.29, 0.717) is 12.5 Å². The SMILES string of the molecule is COCc1cc(C[C@@H]2C[C@H](NC(=O)C3CCC3)C2(C)C)no1. The number of hydrogen-bond donors (Lipinski definition) is 1. The molecular formula is C17H26N2O3. The summed E-state index contributed by atoms with van der Waals surface area (Å²) in [4.78, 5) is 12.1. The number of carbonyl (C=O) groups is 1. The van der Waals surface area contributed by atoms with Gasteiger partial charge in [-0.15, -0.1) is 0 Å². The first kappa shape index (κ1) is 15.5. The summed E-state index contributed by atoms with van der Waals surface area (Å²) >= 11 is 0. The number of methoxy groups -OCH3 is 1. The van der Waals surface area contributed by atoms with Gasteiger partial charge in [-0.2, -0.15) is 0 Å². The van der Waals surface area contributed by atoms with E-state index in [0.717, 1.165) is 37.1 Å². The maximum atomic E-state index is 12.1. The molecule has 0 radical (unpaired) electrons. The van der Waals surface area contributed by atoms with Crippen LogP contribution in [0.15, 0.2) is 10.6 Å². The lowest BCUT2D eigenvalue weighted by molar-refractivity contribution is -0.132. The van der Waals surface area contributed by atoms with E-state index >= 15 is 0 Å². The summed E-state index contributed by atoms with van der Waals surface area (Å²) in [5.74, 6) is 1.82. The number of hydrogen-bond acceptors (Lipinski definition) is 4. The maximum absolute atomic E-state index is 12.1. The minimum absolute atomic E-state index is 0.111. The first-order valence-electron chi connectivity index (χ1n) is 8.24. The van der Waals surface area contributed by atoms with Crippen LogP contribution in [0.2, 0.25) is 0 Å². The van der Waals surface area contributed by atoms with Gasteiger partial charge in [0.1, 0.15) is 6.61 Å². The topological polar surface area (TPSA) is 64.4 Å². The number of carbonyl (C=O) groups excluding carboxylic acids is 1. The molecular weight excluding hydrogens is 280 g/mol. The molecule has 3 rings (SSSR count). The highest BCUT2D eigenvalue weighted by molar-refractivity contribution is 5.79. The van der Waals surface area contributed by atoms with Crippen LogP contribution < -0.4 is 5.32 Å². The molecule has 1 amide bonds. The van der Waals surface area contributed by atoms with Gasteiger partial charge in [0.25, 0.3) is 0 Å². The molecule has 2 atom stereocenters. The van der Waals surface area contributed by atoms with Crippen molar-refractivity contribution in [3.8, 4) is 0 Å². The summed E-state index contributed by atoms with van der Waals surface area (Å²) in [6, 6.07) is 2.26. The van der Waals surface area contributed by atoms with Crippen molar-refractivity contribution in [2.75, 3.05) is 7.11 Å². The van der Waals surface area contributed by atoms with Crippen LogP contribution in [-0.2, 0) is 22.6 Å². The third-order valence-electron chi connectivity index (χ3n) is 5.61. The fourth-order valence-corrected chi connectivity index (χ4v) is 3.48. The Kier molecular flexibility index (Phi) is 4.26. The Balaban J connectivity index is 1.52. The monoisotopic (exact) mass is 306 g/mol. The van der Waals surface area contributed by atoms with Gasteiger partial charge in [-0.3, -0.25) is 4.79 Å². The summed E-state index contributed by atoms with van der Waals surface area (Å²) in [6.45, 7) is 4.94. The minimum Gasteiger partial charge on any atom is -0.377 e. The maximum Gasteiger partial charge on any atom is 0.223 e. The zero-order valence-electron chi connectivity index (χ0n) is 13.7. The summed E-state index contributed by atoms with van der Waals surface area (Å²) < 4.78 is 10.3. The van der Waals surface area contributed by atoms with Gasteiger partial charge in [-0.05, 0) is 37.0 Å². The largest absolute Gasteiger partial charge is 0.377 e. The van der Waals surface area contributed by atoms with E-state index in [1.54, 1.807) is 7.11 Å². The third kappa shape index (κ3) is 2.91. The molecule has 5 heteroatoms. The minimum atomic E-state index is 0.111. The second kappa shape index (κ2) is 6.03. The molecule has 1 aromatic heterocycles. The van der Waals surface area contributed by atoms with Gasteiger partial charge in [-0.25, -0.2) is 0 Å². The summed E-state index contributed by atoms with van der Waals surface area (Å²) in [6.07, 6.45) is 5.24. The zero-order chi connectivity index (χ0) is 15.7. The highest BCUT2D eigenvalue weighted by Crippen LogP contribution is 2.48. The number of nitrogens with zero attached hydrogens (tertiary/aromatic N) is 1. The summed E-state index contributed by atoms with van der Waals surface area (Å²) in [5.41, 5.74) is 1.09. The number of amides is 1. The number of ether oxygens (including phenoxy) is 1. The molecule has 5 nitrogen and oxygen atoms in total. The molecule has 1 N–H and O–H groups in total. The van der Waals surface area contributed by atoms with Crippen molar-refractivity contribution < 1.29 is 14.1 Å². The van der Waals surface area contributed by atoms with Gasteiger partial charge in [-0.1, -0.05) is 25.4 Å². The van der Waals surface area contributed by atoms with E-state index in [2.05, 4.69) is 24.3 Å². The first-order valence-corrected chi connectivity index (χ1v) is 8.24. The lowest BCUT2D eigenvalue weighted by atomic mass is 9.57. The van der Waals surface area contributed by atoms with Crippen molar-refractivity contribution in [2.24, 2.45) is 17.3 Å². The van der Waals surface area contributed by atoms with E-state index < -0.39 is 0 Å². The second-order valence-electron chi connectivity index (χ2n) is 7.36. The van der Waals surface area contributed by atoms with Gasteiger partial charge >= 0.3 is 0 Å². The Hall–Kier alpha value is -1.36. The quantitative estimate of drug-likeness (QED) is 0.877. The molecule has 2 saturated carbocycles. The van der Waals surface area contributed by atoms with Crippen LogP contribution in [-0.4, -0.2) is 24.2 Å². The standard InChI is InChI=1S/C17H26N2O3/c1-17(2)12(7-13-9-14(10-21-3)22-19-13)8-15(17)18-16(20)11-5-4-6-11/h9,11-12,15H,4-8,10H2,1-3H3,(H,18,20)/t12-,15+/m1/s1. The van der Waals surface area contributed by atoms with E-state index in [-0.39, 0.29) is 23.3 Å². The lowest BCUT2D eigenvalue weighted by Gasteiger charge is -2.52. The Morgan fingerprint density at radius 3 is 2.86 bits per heavy atom. The average Bonchev–Trinajstić information content (AvgIpc) is 2.83. The highest BCUT2D eigenvalue weighted by Gasteiger charge is 2.49. The van der Waals surface area contributed by atoms with Crippen molar-refractivity contribution in [1.82, 2.24) is 10.5 Å². The van der Waals surface area contributed by atoms with Gasteiger partial charge < -0.3 is 14.6 Å².